The Bertz CT molecular complexity index is 5540. The van der Waals surface area contributed by atoms with E-state index >= 15 is 0 Å². The topological polar surface area (TPSA) is 255 Å². The van der Waals surface area contributed by atoms with E-state index in [9.17, 15) is 40.7 Å². The number of urea groups is 3. The molecule has 0 radical (unpaired) electrons. The third-order valence-corrected chi connectivity index (χ3v) is 22.1. The molecule has 26 nitrogen and oxygen atoms in total. The number of carbonyl (C=O) groups excluding carboxylic acids is 3. The lowest BCUT2D eigenvalue weighted by atomic mass is 9.94. The molecule has 3 aliphatic rings. The number of hydrogen-bond donors (Lipinski definition) is 6. The van der Waals surface area contributed by atoms with Gasteiger partial charge in [0.2, 0.25) is 0 Å². The number of benzene rings is 6. The lowest BCUT2D eigenvalue weighted by Gasteiger charge is -2.21. The molecule has 6 atom stereocenters. The Morgan fingerprint density at radius 3 is 1.24 bits per heavy atom. The highest BCUT2D eigenvalue weighted by Crippen LogP contribution is 2.40. The largest absolute Gasteiger partial charge is 0.383 e. The van der Waals surface area contributed by atoms with Gasteiger partial charge in [-0.25, -0.2) is 54.8 Å². The Morgan fingerprint density at radius 2 is 0.868 bits per heavy atom. The quantitative estimate of drug-likeness (QED) is 0.0276. The SMILES string of the molecule is CCc1c(-c2cnn(C)c2)nn(-c2ccccc2)c1NC(=O)N[C@@H]1CN(CCOC)C[C@H]1c1ccc(F)c(F)c1.COCCN1C[C@@H](NC(=O)Nc2c(C(C)C)c(-c3ccn(C)c3)nn2-c2ccccc2)[C@H](c2ccc(F)c(F)c2)C1.COCCN1C[C@@H](NC(=O)Nc2c(C)c(-c3cc(C)nn3C)nn2-c2ccccc2)[C@H](c2ccc(F)c(F)c2)C1. The number of amides is 6. The molecule has 15 rings (SSSR count). The Hall–Kier alpha value is -12.2. The summed E-state index contributed by atoms with van der Waals surface area (Å²) < 4.78 is 110. The summed E-state index contributed by atoms with van der Waals surface area (Å²) >= 11 is 0. The minimum absolute atomic E-state index is 0.0592. The van der Waals surface area contributed by atoms with Crippen molar-refractivity contribution >= 4 is 35.5 Å². The number of ether oxygens (including phenoxy) is 3. The van der Waals surface area contributed by atoms with Gasteiger partial charge in [-0.15, -0.1) is 0 Å². The van der Waals surface area contributed by atoms with Crippen LogP contribution < -0.4 is 31.9 Å². The molecule has 3 saturated heterocycles. The Balaban J connectivity index is 0.000000157. The molecule has 12 aromatic rings. The molecular formula is C89H102F6N20O6. The van der Waals surface area contributed by atoms with E-state index in [1.807, 2.05) is 168 Å². The van der Waals surface area contributed by atoms with E-state index in [4.69, 9.17) is 29.5 Å². The van der Waals surface area contributed by atoms with E-state index in [0.29, 0.717) is 125 Å². The fourth-order valence-electron chi connectivity index (χ4n) is 16.1. The Kier molecular flexibility index (Phi) is 28.2. The highest BCUT2D eigenvalue weighted by Gasteiger charge is 2.40. The van der Waals surface area contributed by atoms with Crippen LogP contribution in [-0.2, 0) is 41.8 Å². The lowest BCUT2D eigenvalue weighted by Crippen LogP contribution is -2.42. The van der Waals surface area contributed by atoms with Crippen molar-refractivity contribution in [2.24, 2.45) is 21.1 Å². The third-order valence-electron chi connectivity index (χ3n) is 22.1. The van der Waals surface area contributed by atoms with Gasteiger partial charge in [-0.3, -0.25) is 40.0 Å². The number of nitrogens with one attached hydrogen (secondary N) is 6. The van der Waals surface area contributed by atoms with E-state index in [0.717, 1.165) is 85.9 Å². The number of hydrogen-bond acceptors (Lipinski definition) is 14. The molecule has 0 aliphatic carbocycles. The second-order valence-electron chi connectivity index (χ2n) is 30.8. The maximum atomic E-state index is 14.2. The standard InChI is InChI=1S/C31H36F2N6O2.2C29H33F2N7O2/c1-20(2)28-29(22-12-13-37(3)17-22)36-39(23-8-6-5-7-9-23)30(28)35-31(40)34-27-19-38(14-15-41-4)18-24(27)21-10-11-25(32)26(33)16-21;1-18-14-26(36(3)34-18)27-19(2)28(38(35-27)21-8-6-5-7-9-21)33-29(39)32-25-17-37(12-13-40-4)16-22(25)20-10-11-23(30)24(31)15-20;1-4-22-27(20-15-32-36(2)16-20)35-38(21-8-6-5-7-9-21)28(22)34-29(39)33-26-18-37(12-13-40-3)17-23(26)19-10-11-24(30)25(31)14-19/h5-13,16-17,20,24,27H,14-15,18-19H2,1-4H3,(H2,34,35,40);5-11,14-15,22,25H,12-13,16-17H2,1-4H3,(H2,32,33,39);5-11,14-16,23,26H,4,12-13,17-18H2,1-3H3,(H2,33,34,39)/t24-,27+;22-,25+;23-,26+/m000/s1. The number of anilines is 3. The predicted octanol–water partition coefficient (Wildman–Crippen LogP) is 14.3. The molecule has 121 heavy (non-hydrogen) atoms. The smallest absolute Gasteiger partial charge is 0.320 e. The highest BCUT2D eigenvalue weighted by molar-refractivity contribution is 5.93. The Labute approximate surface area is 698 Å². The first-order valence-electron chi connectivity index (χ1n) is 40.2. The second-order valence-corrected chi connectivity index (χ2v) is 30.8. The second kappa shape index (κ2) is 39.3. The lowest BCUT2D eigenvalue weighted by molar-refractivity contribution is 0.159. The number of aryl methyl sites for hydroxylation is 4. The fourth-order valence-corrected chi connectivity index (χ4v) is 16.1. The molecule has 6 aromatic carbocycles. The molecule has 636 valence electrons. The first-order chi connectivity index (χ1) is 58.4. The van der Waals surface area contributed by atoms with Crippen LogP contribution in [0, 0.1) is 48.8 Å². The molecular weight excluding hydrogens is 1560 g/mol. The predicted molar refractivity (Wildman–Crippen MR) is 453 cm³/mol. The molecule has 0 unspecified atom stereocenters. The molecule has 0 saturated carbocycles. The Morgan fingerprint density at radius 1 is 0.463 bits per heavy atom. The minimum atomic E-state index is -0.906. The van der Waals surface area contributed by atoms with E-state index in [1.165, 1.54) is 18.2 Å². The summed E-state index contributed by atoms with van der Waals surface area (Å²) in [5.41, 5.74) is 12.6. The van der Waals surface area contributed by atoms with E-state index < -0.39 is 53.0 Å². The molecule has 0 spiro atoms. The van der Waals surface area contributed by atoms with Crippen molar-refractivity contribution < 1.29 is 54.9 Å². The van der Waals surface area contributed by atoms with Gasteiger partial charge in [-0.2, -0.15) is 25.5 Å². The molecule has 9 heterocycles. The van der Waals surface area contributed by atoms with Gasteiger partial charge in [0.1, 0.15) is 28.8 Å². The molecule has 6 amide bonds. The van der Waals surface area contributed by atoms with Crippen molar-refractivity contribution in [3.63, 3.8) is 0 Å². The molecule has 6 N–H and O–H groups in total. The van der Waals surface area contributed by atoms with Crippen LogP contribution >= 0.6 is 0 Å². The van der Waals surface area contributed by atoms with Crippen LogP contribution in [0.4, 0.5) is 58.2 Å². The normalized spacial score (nSPS) is 17.3. The maximum absolute atomic E-state index is 14.2. The fraction of sp³-hybridized carbons (Fsp3) is 0.348. The van der Waals surface area contributed by atoms with Gasteiger partial charge in [-0.05, 0) is 128 Å². The first-order valence-corrected chi connectivity index (χ1v) is 40.2. The minimum Gasteiger partial charge on any atom is -0.383 e. The van der Waals surface area contributed by atoms with Crippen molar-refractivity contribution in [1.29, 1.82) is 0 Å². The van der Waals surface area contributed by atoms with Gasteiger partial charge < -0.3 is 34.7 Å². The van der Waals surface area contributed by atoms with Gasteiger partial charge in [0.15, 0.2) is 34.9 Å². The van der Waals surface area contributed by atoms with Crippen molar-refractivity contribution in [2.75, 3.05) is 116 Å². The summed E-state index contributed by atoms with van der Waals surface area (Å²) in [6.07, 6.45) is 8.24. The molecule has 32 heteroatoms. The number of nitrogens with zero attached hydrogens (tertiary/aromatic N) is 14. The molecule has 3 fully saturated rings. The monoisotopic (exact) mass is 1660 g/mol. The van der Waals surface area contributed by atoms with Crippen molar-refractivity contribution in [3.05, 3.63) is 256 Å². The van der Waals surface area contributed by atoms with Gasteiger partial charge in [0.05, 0.1) is 78.3 Å². The van der Waals surface area contributed by atoms with Crippen molar-refractivity contribution in [3.8, 4) is 51.0 Å². The number of methoxy groups -OCH3 is 3. The van der Waals surface area contributed by atoms with Crippen LogP contribution in [0.25, 0.3) is 51.0 Å². The van der Waals surface area contributed by atoms with E-state index in [1.54, 1.807) is 69.1 Å². The third kappa shape index (κ3) is 20.5. The van der Waals surface area contributed by atoms with Gasteiger partial charge in [-0.1, -0.05) is 93.6 Å². The molecule has 6 aromatic heterocycles. The number of aromatic nitrogens is 11. The zero-order valence-electron chi connectivity index (χ0n) is 69.5. The van der Waals surface area contributed by atoms with Crippen LogP contribution in [0.2, 0.25) is 0 Å². The average molecular weight is 1660 g/mol. The van der Waals surface area contributed by atoms with E-state index in [2.05, 4.69) is 70.6 Å². The molecule has 0 bridgehead atoms. The van der Waals surface area contributed by atoms with Gasteiger partial charge >= 0.3 is 18.1 Å². The number of carbonyl (C=O) groups is 3. The van der Waals surface area contributed by atoms with Crippen LogP contribution in [0.15, 0.2) is 183 Å². The van der Waals surface area contributed by atoms with Crippen LogP contribution in [0.5, 0.6) is 0 Å². The van der Waals surface area contributed by atoms with E-state index in [-0.39, 0.29) is 41.8 Å². The number of rotatable bonds is 26. The number of halogens is 6. The molecule has 3 aliphatic heterocycles. The van der Waals surface area contributed by atoms with Gasteiger partial charge in [0, 0.05) is 166 Å². The van der Waals surface area contributed by atoms with Gasteiger partial charge in [0.25, 0.3) is 0 Å². The summed E-state index contributed by atoms with van der Waals surface area (Å²) in [6, 6.07) is 42.3. The highest BCUT2D eigenvalue weighted by atomic mass is 19.2. The van der Waals surface area contributed by atoms with Crippen LogP contribution in [-0.4, -0.2) is 204 Å². The van der Waals surface area contributed by atoms with Crippen molar-refractivity contribution in [2.45, 2.75) is 82.8 Å². The summed E-state index contributed by atoms with van der Waals surface area (Å²) in [6.45, 7) is 16.9. The average Bonchev–Trinajstić information content (AvgIpc) is 1.62. The zero-order chi connectivity index (χ0) is 85.7. The zero-order valence-corrected chi connectivity index (χ0v) is 69.5. The first kappa shape index (κ1) is 86.6. The summed E-state index contributed by atoms with van der Waals surface area (Å²) in [5.74, 6) is -4.36. The van der Waals surface area contributed by atoms with Crippen LogP contribution in [0.3, 0.4) is 0 Å². The van der Waals surface area contributed by atoms with Crippen LogP contribution in [0.1, 0.15) is 83.5 Å². The maximum Gasteiger partial charge on any atom is 0.320 e. The summed E-state index contributed by atoms with van der Waals surface area (Å²) in [5, 5.41) is 41.9. The number of para-hydroxylation sites is 3. The number of likely N-dealkylation sites (tertiary alicyclic amines) is 3. The summed E-state index contributed by atoms with van der Waals surface area (Å²) in [7, 11) is 10.6. The van der Waals surface area contributed by atoms with Crippen molar-refractivity contribution in [1.82, 2.24) is 84.1 Å². The summed E-state index contributed by atoms with van der Waals surface area (Å²) in [4.78, 5) is 47.1.